The van der Waals surface area contributed by atoms with Gasteiger partial charge < -0.3 is 13.9 Å². The molecule has 0 saturated heterocycles. The summed E-state index contributed by atoms with van der Waals surface area (Å²) >= 11 is 1.24. The highest BCUT2D eigenvalue weighted by atomic mass is 32.1. The number of methoxy groups -OCH3 is 2. The van der Waals surface area contributed by atoms with Crippen molar-refractivity contribution in [2.24, 2.45) is 10.1 Å². The van der Waals surface area contributed by atoms with Crippen LogP contribution in [0.15, 0.2) is 74.7 Å². The van der Waals surface area contributed by atoms with E-state index in [-0.39, 0.29) is 5.69 Å². The topological polar surface area (TPSA) is 61.2 Å². The predicted molar refractivity (Wildman–Crippen MR) is 114 cm³/mol. The largest absolute Gasteiger partial charge is 0.497 e. The summed E-state index contributed by atoms with van der Waals surface area (Å²) in [6.45, 7) is 0. The molecule has 0 saturated carbocycles. The van der Waals surface area contributed by atoms with E-state index in [4.69, 9.17) is 13.9 Å². The maximum atomic E-state index is 14.2. The fourth-order valence-corrected chi connectivity index (χ4v) is 3.68. The van der Waals surface area contributed by atoms with Crippen molar-refractivity contribution in [2.75, 3.05) is 14.2 Å². The number of hydrogen-bond acceptors (Lipinski definition) is 6. The highest BCUT2D eigenvalue weighted by Gasteiger charge is 2.15. The van der Waals surface area contributed by atoms with Gasteiger partial charge in [-0.1, -0.05) is 0 Å². The smallest absolute Gasteiger partial charge is 0.211 e. The van der Waals surface area contributed by atoms with E-state index in [1.807, 2.05) is 11.4 Å². The number of hydrogen-bond donors (Lipinski definition) is 0. The lowest BCUT2D eigenvalue weighted by molar-refractivity contribution is 0.404. The van der Waals surface area contributed by atoms with Gasteiger partial charge in [-0.25, -0.2) is 18.4 Å². The zero-order valence-corrected chi connectivity index (χ0v) is 17.4. The minimum Gasteiger partial charge on any atom is -0.497 e. The Bertz CT molecular complexity index is 1290. The molecule has 9 heteroatoms. The molecule has 0 N–H and O–H groups in total. The Kier molecular flexibility index (Phi) is 5.94. The van der Waals surface area contributed by atoms with Crippen LogP contribution >= 0.6 is 11.3 Å². The molecule has 4 rings (SSSR count). The second-order valence-corrected chi connectivity index (χ2v) is 7.09. The molecule has 0 aliphatic carbocycles. The van der Waals surface area contributed by atoms with Crippen LogP contribution in [0.5, 0.6) is 11.5 Å². The molecule has 4 aromatic rings. The Morgan fingerprint density at radius 1 is 1.06 bits per heavy atom. The summed E-state index contributed by atoms with van der Waals surface area (Å²) in [5.41, 5.74) is 1.34. The van der Waals surface area contributed by atoms with Crippen molar-refractivity contribution in [3.8, 4) is 22.8 Å². The number of rotatable bonds is 6. The van der Waals surface area contributed by atoms with Gasteiger partial charge in [0.2, 0.25) is 4.80 Å². The standard InChI is InChI=1S/C22H17F2N3O3S/c1-28-15-6-8-21(29-2)17(11-15)20-13-31-22(26-19-7-5-14(23)10-18(19)24)27(20)25-12-16-4-3-9-30-16/h3-13H,1-2H3. The molecular weight excluding hydrogens is 424 g/mol. The first-order chi connectivity index (χ1) is 15.1. The molecule has 0 fully saturated rings. The first-order valence-electron chi connectivity index (χ1n) is 9.09. The van der Waals surface area contributed by atoms with E-state index in [1.165, 1.54) is 34.6 Å². The van der Waals surface area contributed by atoms with Crippen molar-refractivity contribution in [1.82, 2.24) is 4.68 Å². The predicted octanol–water partition coefficient (Wildman–Crippen LogP) is 5.22. The highest BCUT2D eigenvalue weighted by Crippen LogP contribution is 2.34. The molecule has 2 heterocycles. The zero-order chi connectivity index (χ0) is 21.8. The van der Waals surface area contributed by atoms with Crippen LogP contribution in [0.1, 0.15) is 5.76 Å². The lowest BCUT2D eigenvalue weighted by atomic mass is 10.1. The lowest BCUT2D eigenvalue weighted by Gasteiger charge is -2.11. The Morgan fingerprint density at radius 3 is 2.65 bits per heavy atom. The van der Waals surface area contributed by atoms with Gasteiger partial charge in [-0.2, -0.15) is 5.10 Å². The van der Waals surface area contributed by atoms with E-state index < -0.39 is 11.6 Å². The van der Waals surface area contributed by atoms with E-state index in [0.29, 0.717) is 33.3 Å². The maximum Gasteiger partial charge on any atom is 0.211 e. The highest BCUT2D eigenvalue weighted by molar-refractivity contribution is 7.07. The third-order valence-electron chi connectivity index (χ3n) is 4.34. The van der Waals surface area contributed by atoms with Crippen LogP contribution in [-0.2, 0) is 0 Å². The van der Waals surface area contributed by atoms with E-state index >= 15 is 0 Å². The van der Waals surface area contributed by atoms with Crippen molar-refractivity contribution < 1.29 is 22.7 Å². The molecule has 6 nitrogen and oxygen atoms in total. The van der Waals surface area contributed by atoms with Gasteiger partial charge >= 0.3 is 0 Å². The van der Waals surface area contributed by atoms with Crippen LogP contribution in [0, 0.1) is 11.6 Å². The molecule has 0 aliphatic rings. The van der Waals surface area contributed by atoms with Crippen molar-refractivity contribution in [3.05, 3.63) is 82.4 Å². The number of aromatic nitrogens is 1. The maximum absolute atomic E-state index is 14.2. The number of thiazole rings is 1. The normalized spacial score (nSPS) is 11.9. The van der Waals surface area contributed by atoms with Crippen LogP contribution in [0.3, 0.4) is 0 Å². The van der Waals surface area contributed by atoms with Gasteiger partial charge in [0, 0.05) is 17.0 Å². The Balaban J connectivity index is 1.92. The first-order valence-corrected chi connectivity index (χ1v) is 9.97. The number of ether oxygens (including phenoxy) is 2. The van der Waals surface area contributed by atoms with E-state index in [2.05, 4.69) is 10.1 Å². The monoisotopic (exact) mass is 441 g/mol. The quantitative estimate of drug-likeness (QED) is 0.386. The number of nitrogens with zero attached hydrogens (tertiary/aromatic N) is 3. The number of furan rings is 1. The van der Waals surface area contributed by atoms with Gasteiger partial charge in [0.05, 0.1) is 32.4 Å². The van der Waals surface area contributed by atoms with Crippen LogP contribution < -0.4 is 14.3 Å². The molecule has 0 radical (unpaired) electrons. The summed E-state index contributed by atoms with van der Waals surface area (Å²) in [6.07, 6.45) is 3.05. The van der Waals surface area contributed by atoms with E-state index in [9.17, 15) is 8.78 Å². The third kappa shape index (κ3) is 4.41. The van der Waals surface area contributed by atoms with Crippen LogP contribution in [-0.4, -0.2) is 25.1 Å². The number of halogens is 2. The molecule has 158 valence electrons. The average Bonchev–Trinajstić information content (AvgIpc) is 3.43. The minimum atomic E-state index is -0.768. The third-order valence-corrected chi connectivity index (χ3v) is 5.15. The van der Waals surface area contributed by atoms with Crippen molar-refractivity contribution in [2.45, 2.75) is 0 Å². The summed E-state index contributed by atoms with van der Waals surface area (Å²) in [4.78, 5) is 4.72. The molecular formula is C22H17F2N3O3S. The summed E-state index contributed by atoms with van der Waals surface area (Å²) in [5.74, 6) is 0.316. The molecule has 2 aromatic heterocycles. The summed E-state index contributed by atoms with van der Waals surface area (Å²) in [5, 5.41) is 6.30. The van der Waals surface area contributed by atoms with Gasteiger partial charge in [-0.15, -0.1) is 11.3 Å². The fourth-order valence-electron chi connectivity index (χ4n) is 2.84. The molecule has 0 atom stereocenters. The van der Waals surface area contributed by atoms with Gasteiger partial charge in [0.15, 0.2) is 5.82 Å². The second-order valence-electron chi connectivity index (χ2n) is 6.25. The minimum absolute atomic E-state index is 0.00523. The van der Waals surface area contributed by atoms with Crippen molar-refractivity contribution in [3.63, 3.8) is 0 Å². The Morgan fingerprint density at radius 2 is 1.94 bits per heavy atom. The van der Waals surface area contributed by atoms with E-state index in [0.717, 1.165) is 12.1 Å². The molecule has 0 amide bonds. The fraction of sp³-hybridized carbons (Fsp3) is 0.0909. The Labute approximate surface area is 180 Å². The van der Waals surface area contributed by atoms with Crippen LogP contribution in [0.25, 0.3) is 11.3 Å². The first kappa shape index (κ1) is 20.5. The Hall–Kier alpha value is -3.72. The van der Waals surface area contributed by atoms with Crippen molar-refractivity contribution >= 4 is 23.2 Å². The number of benzene rings is 2. The molecule has 0 aliphatic heterocycles. The van der Waals surface area contributed by atoms with Gasteiger partial charge in [-0.3, -0.25) is 0 Å². The SMILES string of the molecule is COc1ccc(OC)c(-c2csc(=Nc3ccc(F)cc3F)n2N=Cc2ccco2)c1. The molecule has 0 spiro atoms. The summed E-state index contributed by atoms with van der Waals surface area (Å²) < 4.78 is 45.2. The summed E-state index contributed by atoms with van der Waals surface area (Å²) in [6, 6.07) is 12.1. The second kappa shape index (κ2) is 8.97. The van der Waals surface area contributed by atoms with Gasteiger partial charge in [-0.05, 0) is 42.5 Å². The van der Waals surface area contributed by atoms with Crippen LogP contribution in [0.2, 0.25) is 0 Å². The van der Waals surface area contributed by atoms with E-state index in [1.54, 1.807) is 38.5 Å². The molecule has 2 aromatic carbocycles. The lowest BCUT2D eigenvalue weighted by Crippen LogP contribution is -2.12. The van der Waals surface area contributed by atoms with Gasteiger partial charge in [0.25, 0.3) is 0 Å². The van der Waals surface area contributed by atoms with Crippen molar-refractivity contribution in [1.29, 1.82) is 0 Å². The van der Waals surface area contributed by atoms with Gasteiger partial charge in [0.1, 0.15) is 28.8 Å². The van der Waals surface area contributed by atoms with Crippen LogP contribution in [0.4, 0.5) is 14.5 Å². The average molecular weight is 441 g/mol. The zero-order valence-electron chi connectivity index (χ0n) is 16.6. The summed E-state index contributed by atoms with van der Waals surface area (Å²) in [7, 11) is 3.13. The molecule has 0 bridgehead atoms. The molecule has 31 heavy (non-hydrogen) atoms. The molecule has 0 unspecified atom stereocenters.